The molecule has 37 heavy (non-hydrogen) atoms. The zero-order valence-corrected chi connectivity index (χ0v) is 20.0. The molecule has 1 atom stereocenters. The average molecular weight is 505 g/mol. The number of rotatable bonds is 6. The SMILES string of the molecule is Cc1cc([C@H](C)Nc2cccnc2-c2noc(=O)[nH]2)c2oc(-c3cccc(C(F)F)n3)c(C)c(=O)c2c1. The Labute approximate surface area is 208 Å². The molecule has 0 aliphatic rings. The van der Waals surface area contributed by atoms with Gasteiger partial charge in [-0.3, -0.25) is 19.3 Å². The summed E-state index contributed by atoms with van der Waals surface area (Å²) < 4.78 is 37.4. The van der Waals surface area contributed by atoms with Crippen molar-refractivity contribution in [3.05, 3.63) is 91.8 Å². The van der Waals surface area contributed by atoms with Crippen LogP contribution in [0.15, 0.2) is 67.2 Å². The highest BCUT2D eigenvalue weighted by Crippen LogP contribution is 2.33. The summed E-state index contributed by atoms with van der Waals surface area (Å²) in [5, 5.41) is 7.40. The fourth-order valence-corrected chi connectivity index (χ4v) is 4.19. The maximum absolute atomic E-state index is 13.3. The molecule has 0 spiro atoms. The molecule has 0 saturated heterocycles. The Bertz CT molecular complexity index is 1740. The van der Waals surface area contributed by atoms with Crippen LogP contribution in [-0.2, 0) is 0 Å². The van der Waals surface area contributed by atoms with Gasteiger partial charge in [0.05, 0.1) is 17.1 Å². The molecule has 2 N–H and O–H groups in total. The van der Waals surface area contributed by atoms with E-state index < -0.39 is 23.9 Å². The van der Waals surface area contributed by atoms with Crippen molar-refractivity contribution in [1.82, 2.24) is 20.1 Å². The number of halogens is 2. The number of fused-ring (bicyclic) bond motifs is 1. The Morgan fingerprint density at radius 1 is 1.08 bits per heavy atom. The number of aromatic amines is 1. The van der Waals surface area contributed by atoms with Gasteiger partial charge in [-0.25, -0.2) is 18.6 Å². The van der Waals surface area contributed by atoms with Gasteiger partial charge in [-0.15, -0.1) is 0 Å². The fraction of sp³-hybridized carbons (Fsp3) is 0.192. The number of hydrogen-bond donors (Lipinski definition) is 2. The first kappa shape index (κ1) is 24.0. The summed E-state index contributed by atoms with van der Waals surface area (Å²) in [6, 6.07) is 10.9. The summed E-state index contributed by atoms with van der Waals surface area (Å²) in [5.41, 5.74) is 2.44. The highest BCUT2D eigenvalue weighted by molar-refractivity contribution is 5.84. The second-order valence-corrected chi connectivity index (χ2v) is 8.57. The molecular formula is C26H21F2N5O4. The predicted molar refractivity (Wildman–Crippen MR) is 133 cm³/mol. The van der Waals surface area contributed by atoms with Crippen LogP contribution >= 0.6 is 0 Å². The molecule has 4 heterocycles. The normalized spacial score (nSPS) is 12.3. The van der Waals surface area contributed by atoms with Crippen LogP contribution < -0.4 is 16.5 Å². The van der Waals surface area contributed by atoms with Crippen LogP contribution in [0.25, 0.3) is 33.9 Å². The smallest absolute Gasteiger partial charge is 0.439 e. The molecule has 1 aromatic carbocycles. The summed E-state index contributed by atoms with van der Waals surface area (Å²) in [6.07, 6.45) is -1.21. The monoisotopic (exact) mass is 505 g/mol. The first-order valence-corrected chi connectivity index (χ1v) is 11.3. The number of pyridine rings is 2. The van der Waals surface area contributed by atoms with Crippen LogP contribution in [-0.4, -0.2) is 20.1 Å². The summed E-state index contributed by atoms with van der Waals surface area (Å²) >= 11 is 0. The van der Waals surface area contributed by atoms with Gasteiger partial charge >= 0.3 is 5.76 Å². The number of hydrogen-bond acceptors (Lipinski definition) is 8. The van der Waals surface area contributed by atoms with Crippen molar-refractivity contribution in [3.8, 4) is 23.0 Å². The van der Waals surface area contributed by atoms with Gasteiger partial charge in [0.25, 0.3) is 6.43 Å². The molecule has 0 aliphatic heterocycles. The molecule has 0 bridgehead atoms. The quantitative estimate of drug-likeness (QED) is 0.317. The van der Waals surface area contributed by atoms with E-state index in [2.05, 4.69) is 29.9 Å². The molecule has 0 radical (unpaired) electrons. The molecule has 9 nitrogen and oxygen atoms in total. The fourth-order valence-electron chi connectivity index (χ4n) is 4.19. The molecule has 0 unspecified atom stereocenters. The Balaban J connectivity index is 1.64. The van der Waals surface area contributed by atoms with E-state index in [0.717, 1.165) is 5.56 Å². The first-order chi connectivity index (χ1) is 17.7. The van der Waals surface area contributed by atoms with E-state index >= 15 is 0 Å². The number of nitrogens with one attached hydrogen (secondary N) is 2. The third kappa shape index (κ3) is 4.51. The van der Waals surface area contributed by atoms with Crippen molar-refractivity contribution in [2.45, 2.75) is 33.2 Å². The summed E-state index contributed by atoms with van der Waals surface area (Å²) in [7, 11) is 0. The van der Waals surface area contributed by atoms with Crippen molar-refractivity contribution in [1.29, 1.82) is 0 Å². The molecule has 4 aromatic heterocycles. The third-order valence-corrected chi connectivity index (χ3v) is 5.93. The van der Waals surface area contributed by atoms with Crippen LogP contribution in [0, 0.1) is 13.8 Å². The molecule has 0 aliphatic carbocycles. The lowest BCUT2D eigenvalue weighted by Gasteiger charge is -2.19. The van der Waals surface area contributed by atoms with Gasteiger partial charge in [-0.1, -0.05) is 17.3 Å². The summed E-state index contributed by atoms with van der Waals surface area (Å²) in [4.78, 5) is 35.6. The van der Waals surface area contributed by atoms with Crippen LogP contribution in [0.2, 0.25) is 0 Å². The Hall–Kier alpha value is -4.67. The number of aromatic nitrogens is 4. The molecule has 0 fully saturated rings. The molecule has 0 amide bonds. The van der Waals surface area contributed by atoms with E-state index in [1.807, 2.05) is 19.9 Å². The van der Waals surface area contributed by atoms with E-state index in [9.17, 15) is 18.4 Å². The van der Waals surface area contributed by atoms with Crippen LogP contribution in [0.3, 0.4) is 0 Å². The highest BCUT2D eigenvalue weighted by atomic mass is 19.3. The molecule has 5 rings (SSSR count). The zero-order valence-electron chi connectivity index (χ0n) is 20.0. The molecule has 11 heteroatoms. The topological polar surface area (TPSA) is 127 Å². The van der Waals surface area contributed by atoms with Gasteiger partial charge in [0.2, 0.25) is 5.82 Å². The molecular weight excluding hydrogens is 484 g/mol. The van der Waals surface area contributed by atoms with Crippen LogP contribution in [0.5, 0.6) is 0 Å². The summed E-state index contributed by atoms with van der Waals surface area (Å²) in [6.45, 7) is 5.31. The number of H-pyrrole nitrogens is 1. The Morgan fingerprint density at radius 3 is 2.62 bits per heavy atom. The number of aryl methyl sites for hydroxylation is 1. The lowest BCUT2D eigenvalue weighted by molar-refractivity contribution is 0.146. The van der Waals surface area contributed by atoms with Crippen molar-refractivity contribution in [2.75, 3.05) is 5.32 Å². The predicted octanol–water partition coefficient (Wildman–Crippen LogP) is 5.32. The zero-order chi connectivity index (χ0) is 26.3. The Kier molecular flexibility index (Phi) is 6.12. The van der Waals surface area contributed by atoms with E-state index in [4.69, 9.17) is 4.42 Å². The van der Waals surface area contributed by atoms with E-state index in [-0.39, 0.29) is 28.3 Å². The molecule has 5 aromatic rings. The van der Waals surface area contributed by atoms with Gasteiger partial charge in [-0.2, -0.15) is 0 Å². The number of anilines is 1. The third-order valence-electron chi connectivity index (χ3n) is 5.93. The van der Waals surface area contributed by atoms with Gasteiger partial charge in [0, 0.05) is 17.3 Å². The largest absolute Gasteiger partial charge is 0.454 e. The lowest BCUT2D eigenvalue weighted by Crippen LogP contribution is -2.13. The first-order valence-electron chi connectivity index (χ1n) is 11.3. The molecule has 0 saturated carbocycles. The van der Waals surface area contributed by atoms with Gasteiger partial charge < -0.3 is 9.73 Å². The number of alkyl halides is 2. The van der Waals surface area contributed by atoms with E-state index in [0.29, 0.717) is 27.9 Å². The van der Waals surface area contributed by atoms with Crippen LogP contribution in [0.1, 0.15) is 41.8 Å². The van der Waals surface area contributed by atoms with Crippen molar-refractivity contribution in [2.24, 2.45) is 0 Å². The maximum atomic E-state index is 13.3. The van der Waals surface area contributed by atoms with Crippen LogP contribution in [0.4, 0.5) is 14.5 Å². The molecule has 188 valence electrons. The summed E-state index contributed by atoms with van der Waals surface area (Å²) in [5.74, 6) is -0.429. The average Bonchev–Trinajstić information content (AvgIpc) is 3.32. The number of nitrogens with zero attached hydrogens (tertiary/aromatic N) is 3. The minimum atomic E-state index is -2.76. The van der Waals surface area contributed by atoms with Gasteiger partial charge in [-0.05, 0) is 56.7 Å². The van der Waals surface area contributed by atoms with Crippen molar-refractivity contribution < 1.29 is 17.7 Å². The van der Waals surface area contributed by atoms with Crippen molar-refractivity contribution in [3.63, 3.8) is 0 Å². The minimum Gasteiger partial charge on any atom is -0.454 e. The highest BCUT2D eigenvalue weighted by Gasteiger charge is 2.21. The van der Waals surface area contributed by atoms with Crippen molar-refractivity contribution >= 4 is 16.7 Å². The standard InChI is InChI=1S/C26H21F2N5O4/c1-12-10-15(14(3)30-17-8-5-9-29-20(17)25-32-26(35)37-33-25)23-16(11-12)21(34)13(2)22(36-23)18-6-4-7-19(31-18)24(27)28/h4-11,14,24,30H,1-3H3,(H,32,33,35)/t14-/m0/s1. The Morgan fingerprint density at radius 2 is 1.89 bits per heavy atom. The van der Waals surface area contributed by atoms with Gasteiger partial charge in [0.1, 0.15) is 22.7 Å². The van der Waals surface area contributed by atoms with Gasteiger partial charge in [0.15, 0.2) is 11.2 Å². The van der Waals surface area contributed by atoms with E-state index in [1.54, 1.807) is 31.3 Å². The number of benzene rings is 1. The van der Waals surface area contributed by atoms with E-state index in [1.165, 1.54) is 18.2 Å². The maximum Gasteiger partial charge on any atom is 0.439 e. The second kappa shape index (κ2) is 9.41. The lowest BCUT2D eigenvalue weighted by atomic mass is 9.99. The second-order valence-electron chi connectivity index (χ2n) is 8.57. The minimum absolute atomic E-state index is 0.125.